The first-order valence-corrected chi connectivity index (χ1v) is 7.24. The van der Waals surface area contributed by atoms with E-state index in [0.29, 0.717) is 0 Å². The Morgan fingerprint density at radius 3 is 2.64 bits per heavy atom. The SMILES string of the molecule is CC(=O)OC1(C)CNC(=O)N1c1cc(C(C)(C)C)c(Cl)nn1. The predicted octanol–water partition coefficient (Wildman–Crippen LogP) is 2.24. The van der Waals surface area contributed by atoms with Gasteiger partial charge in [-0.05, 0) is 18.4 Å². The van der Waals surface area contributed by atoms with E-state index in [-0.39, 0.29) is 22.9 Å². The molecule has 1 fully saturated rings. The van der Waals surface area contributed by atoms with E-state index in [1.165, 1.54) is 11.8 Å². The first kappa shape index (κ1) is 16.5. The smallest absolute Gasteiger partial charge is 0.326 e. The Morgan fingerprint density at radius 1 is 1.45 bits per heavy atom. The van der Waals surface area contributed by atoms with E-state index in [9.17, 15) is 9.59 Å². The summed E-state index contributed by atoms with van der Waals surface area (Å²) >= 11 is 6.10. The molecule has 1 aliphatic heterocycles. The molecule has 7 nitrogen and oxygen atoms in total. The third kappa shape index (κ3) is 2.99. The number of esters is 1. The molecule has 0 bridgehead atoms. The van der Waals surface area contributed by atoms with E-state index < -0.39 is 17.7 Å². The number of anilines is 1. The van der Waals surface area contributed by atoms with Gasteiger partial charge in [-0.1, -0.05) is 32.4 Å². The highest BCUT2D eigenvalue weighted by atomic mass is 35.5. The van der Waals surface area contributed by atoms with Gasteiger partial charge < -0.3 is 10.1 Å². The second kappa shape index (κ2) is 5.39. The summed E-state index contributed by atoms with van der Waals surface area (Å²) in [6.07, 6.45) is 0. The van der Waals surface area contributed by atoms with Gasteiger partial charge >= 0.3 is 12.0 Å². The summed E-state index contributed by atoms with van der Waals surface area (Å²) in [4.78, 5) is 24.7. The average Bonchev–Trinajstić information content (AvgIpc) is 2.64. The number of carbonyl (C=O) groups is 2. The van der Waals surface area contributed by atoms with Crippen LogP contribution in [0.2, 0.25) is 5.15 Å². The molecule has 8 heteroatoms. The van der Waals surface area contributed by atoms with Crippen LogP contribution in [0.25, 0.3) is 0 Å². The zero-order chi connectivity index (χ0) is 16.7. The summed E-state index contributed by atoms with van der Waals surface area (Å²) in [6, 6.07) is 1.29. The number of hydrogen-bond acceptors (Lipinski definition) is 5. The normalized spacial score (nSPS) is 21.7. The van der Waals surface area contributed by atoms with Crippen LogP contribution < -0.4 is 10.2 Å². The molecule has 2 amide bonds. The van der Waals surface area contributed by atoms with E-state index in [1.807, 2.05) is 20.8 Å². The number of carbonyl (C=O) groups excluding carboxylic acids is 2. The second-order valence-electron chi connectivity index (χ2n) is 6.42. The van der Waals surface area contributed by atoms with Crippen molar-refractivity contribution >= 4 is 29.4 Å². The van der Waals surface area contributed by atoms with E-state index in [4.69, 9.17) is 16.3 Å². The highest BCUT2D eigenvalue weighted by molar-refractivity contribution is 6.30. The molecule has 0 saturated carbocycles. The fraction of sp³-hybridized carbons (Fsp3) is 0.571. The van der Waals surface area contributed by atoms with Gasteiger partial charge in [0, 0.05) is 12.5 Å². The molecule has 2 rings (SSSR count). The first-order valence-electron chi connectivity index (χ1n) is 6.86. The molecule has 0 spiro atoms. The summed E-state index contributed by atoms with van der Waals surface area (Å²) in [5.41, 5.74) is -0.667. The van der Waals surface area contributed by atoms with Crippen LogP contribution in [0, 0.1) is 0 Å². The Hall–Kier alpha value is -1.89. The fourth-order valence-electron chi connectivity index (χ4n) is 2.35. The molecule has 1 N–H and O–H groups in total. The molecule has 1 atom stereocenters. The van der Waals surface area contributed by atoms with Crippen molar-refractivity contribution in [2.24, 2.45) is 0 Å². The first-order chi connectivity index (χ1) is 10.0. The molecule has 0 aliphatic carbocycles. The van der Waals surface area contributed by atoms with Crippen molar-refractivity contribution in [2.45, 2.75) is 45.8 Å². The lowest BCUT2D eigenvalue weighted by atomic mass is 9.88. The van der Waals surface area contributed by atoms with Crippen LogP contribution in [0.1, 0.15) is 40.2 Å². The molecule has 1 aromatic rings. The van der Waals surface area contributed by atoms with Gasteiger partial charge in [0.15, 0.2) is 11.0 Å². The van der Waals surface area contributed by atoms with Gasteiger partial charge in [-0.25, -0.2) is 9.69 Å². The Balaban J connectivity index is 2.49. The zero-order valence-corrected chi connectivity index (χ0v) is 14.0. The highest BCUT2D eigenvalue weighted by Crippen LogP contribution is 2.33. The van der Waals surface area contributed by atoms with Gasteiger partial charge in [-0.2, -0.15) is 0 Å². The van der Waals surface area contributed by atoms with Gasteiger partial charge in [-0.15, -0.1) is 10.2 Å². The lowest BCUT2D eigenvalue weighted by Gasteiger charge is -2.32. The molecule has 120 valence electrons. The van der Waals surface area contributed by atoms with Gasteiger partial charge in [-0.3, -0.25) is 4.79 Å². The van der Waals surface area contributed by atoms with E-state index in [1.54, 1.807) is 13.0 Å². The number of amides is 2. The standard InChI is InChI=1S/C14H19ClN4O3/c1-8(20)22-14(5)7-16-12(21)19(14)10-6-9(13(2,3)4)11(15)18-17-10/h6H,7H2,1-5H3,(H,16,21). The third-order valence-corrected chi connectivity index (χ3v) is 3.66. The second-order valence-corrected chi connectivity index (χ2v) is 6.78. The van der Waals surface area contributed by atoms with Gasteiger partial charge in [0.25, 0.3) is 0 Å². The number of ether oxygens (including phenoxy) is 1. The topological polar surface area (TPSA) is 84.4 Å². The van der Waals surface area contributed by atoms with Crippen molar-refractivity contribution < 1.29 is 14.3 Å². The summed E-state index contributed by atoms with van der Waals surface area (Å²) in [5, 5.41) is 10.8. The summed E-state index contributed by atoms with van der Waals surface area (Å²) in [5.74, 6) is -0.199. The van der Waals surface area contributed by atoms with Crippen molar-refractivity contribution in [2.75, 3.05) is 11.4 Å². The number of halogens is 1. The van der Waals surface area contributed by atoms with Crippen LogP contribution in [0.3, 0.4) is 0 Å². The molecule has 22 heavy (non-hydrogen) atoms. The number of aromatic nitrogens is 2. The molecule has 2 heterocycles. The summed E-state index contributed by atoms with van der Waals surface area (Å²) in [6.45, 7) is 9.04. The van der Waals surface area contributed by atoms with Gasteiger partial charge in [0.2, 0.25) is 5.72 Å². The summed E-state index contributed by atoms with van der Waals surface area (Å²) in [7, 11) is 0. The van der Waals surface area contributed by atoms with Crippen molar-refractivity contribution in [1.82, 2.24) is 15.5 Å². The van der Waals surface area contributed by atoms with Crippen molar-refractivity contribution in [1.29, 1.82) is 0 Å². The van der Waals surface area contributed by atoms with Crippen LogP contribution in [-0.2, 0) is 14.9 Å². The van der Waals surface area contributed by atoms with Gasteiger partial charge in [0.1, 0.15) is 0 Å². The lowest BCUT2D eigenvalue weighted by Crippen LogP contribution is -2.48. The number of nitrogens with zero attached hydrogens (tertiary/aromatic N) is 3. The maximum atomic E-state index is 12.1. The van der Waals surface area contributed by atoms with Crippen molar-refractivity contribution in [3.05, 3.63) is 16.8 Å². The minimum atomic E-state index is -1.15. The number of urea groups is 1. The van der Waals surface area contributed by atoms with E-state index in [2.05, 4.69) is 15.5 Å². The van der Waals surface area contributed by atoms with E-state index in [0.717, 1.165) is 5.56 Å². The van der Waals surface area contributed by atoms with Crippen molar-refractivity contribution in [3.8, 4) is 0 Å². The molecule has 1 aliphatic rings. The van der Waals surface area contributed by atoms with Crippen LogP contribution >= 0.6 is 11.6 Å². The average molecular weight is 327 g/mol. The minimum absolute atomic E-state index is 0.167. The quantitative estimate of drug-likeness (QED) is 0.842. The minimum Gasteiger partial charge on any atom is -0.437 e. The van der Waals surface area contributed by atoms with Crippen molar-refractivity contribution in [3.63, 3.8) is 0 Å². The third-order valence-electron chi connectivity index (χ3n) is 3.38. The Bertz CT molecular complexity index is 629. The molecular weight excluding hydrogens is 308 g/mol. The Labute approximate surface area is 134 Å². The molecule has 1 unspecified atom stereocenters. The fourth-order valence-corrected chi connectivity index (χ4v) is 2.73. The number of nitrogens with one attached hydrogen (secondary N) is 1. The largest absolute Gasteiger partial charge is 0.437 e. The van der Waals surface area contributed by atoms with Crippen LogP contribution in [0.15, 0.2) is 6.07 Å². The Kier molecular flexibility index (Phi) is 4.04. The maximum Gasteiger partial charge on any atom is 0.326 e. The zero-order valence-electron chi connectivity index (χ0n) is 13.2. The van der Waals surface area contributed by atoms with Crippen LogP contribution in [-0.4, -0.2) is 34.5 Å². The monoisotopic (exact) mass is 326 g/mol. The number of rotatable bonds is 2. The maximum absolute atomic E-state index is 12.1. The molecule has 1 aromatic heterocycles. The lowest BCUT2D eigenvalue weighted by molar-refractivity contribution is -0.152. The predicted molar refractivity (Wildman–Crippen MR) is 81.8 cm³/mol. The summed E-state index contributed by atoms with van der Waals surface area (Å²) < 4.78 is 5.29. The molecular formula is C14H19ClN4O3. The highest BCUT2D eigenvalue weighted by Gasteiger charge is 2.46. The molecule has 0 radical (unpaired) electrons. The Morgan fingerprint density at radius 2 is 2.09 bits per heavy atom. The molecule has 1 saturated heterocycles. The van der Waals surface area contributed by atoms with E-state index >= 15 is 0 Å². The van der Waals surface area contributed by atoms with Crippen LogP contribution in [0.4, 0.5) is 10.6 Å². The molecule has 0 aromatic carbocycles. The van der Waals surface area contributed by atoms with Crippen LogP contribution in [0.5, 0.6) is 0 Å². The number of hydrogen-bond donors (Lipinski definition) is 1. The van der Waals surface area contributed by atoms with Gasteiger partial charge in [0.05, 0.1) is 6.54 Å².